The predicted molar refractivity (Wildman–Crippen MR) is 85.7 cm³/mol. The van der Waals surface area contributed by atoms with Gasteiger partial charge in [-0.05, 0) is 20.0 Å². The van der Waals surface area contributed by atoms with Gasteiger partial charge in [-0.3, -0.25) is 0 Å². The van der Waals surface area contributed by atoms with Crippen LogP contribution in [0.1, 0.15) is 44.1 Å². The highest BCUT2D eigenvalue weighted by molar-refractivity contribution is 5.36. The summed E-state index contributed by atoms with van der Waals surface area (Å²) >= 11 is 0. The van der Waals surface area contributed by atoms with Crippen molar-refractivity contribution in [2.75, 3.05) is 13.7 Å². The number of rotatable bonds is 7. The summed E-state index contributed by atoms with van der Waals surface area (Å²) in [5, 5.41) is 3.39. The van der Waals surface area contributed by atoms with E-state index in [0.717, 1.165) is 18.1 Å². The first kappa shape index (κ1) is 15.6. The van der Waals surface area contributed by atoms with E-state index in [1.54, 1.807) is 0 Å². The Kier molecular flexibility index (Phi) is 5.39. The van der Waals surface area contributed by atoms with Crippen molar-refractivity contribution < 1.29 is 4.74 Å². The van der Waals surface area contributed by atoms with Crippen LogP contribution in [0.25, 0.3) is 0 Å². The van der Waals surface area contributed by atoms with Crippen LogP contribution in [0.15, 0.2) is 36.7 Å². The molecule has 2 rings (SSSR count). The Balaban J connectivity index is 2.26. The second-order valence-electron chi connectivity index (χ2n) is 5.40. The molecule has 4 heteroatoms. The van der Waals surface area contributed by atoms with Crippen LogP contribution in [-0.4, -0.2) is 23.2 Å². The first-order valence-corrected chi connectivity index (χ1v) is 7.57. The van der Waals surface area contributed by atoms with E-state index in [9.17, 15) is 0 Å². The molecule has 21 heavy (non-hydrogen) atoms. The van der Waals surface area contributed by atoms with Crippen molar-refractivity contribution in [3.63, 3.8) is 0 Å². The highest BCUT2D eigenvalue weighted by Gasteiger charge is 2.17. The van der Waals surface area contributed by atoms with Gasteiger partial charge in [0, 0.05) is 30.4 Å². The molecule has 4 nitrogen and oxygen atoms in total. The minimum Gasteiger partial charge on any atom is -0.494 e. The van der Waals surface area contributed by atoms with Gasteiger partial charge in [0.05, 0.1) is 12.6 Å². The summed E-state index contributed by atoms with van der Waals surface area (Å²) in [4.78, 5) is 4.46. The van der Waals surface area contributed by atoms with E-state index >= 15 is 0 Å². The first-order valence-electron chi connectivity index (χ1n) is 7.57. The van der Waals surface area contributed by atoms with Crippen LogP contribution < -0.4 is 10.1 Å². The molecular formula is C17H25N3O. The molecule has 0 spiro atoms. The van der Waals surface area contributed by atoms with Gasteiger partial charge < -0.3 is 14.6 Å². The van der Waals surface area contributed by atoms with E-state index < -0.39 is 0 Å². The van der Waals surface area contributed by atoms with Gasteiger partial charge in [0.1, 0.15) is 11.6 Å². The number of nitrogens with one attached hydrogen (secondary N) is 1. The largest absolute Gasteiger partial charge is 0.494 e. The Morgan fingerprint density at radius 2 is 2.05 bits per heavy atom. The van der Waals surface area contributed by atoms with Crippen LogP contribution in [0.3, 0.4) is 0 Å². The Bertz CT molecular complexity index is 563. The average molecular weight is 287 g/mol. The fourth-order valence-electron chi connectivity index (χ4n) is 2.57. The molecule has 0 aliphatic heterocycles. The molecule has 1 aromatic carbocycles. The monoisotopic (exact) mass is 287 g/mol. The molecule has 0 fully saturated rings. The van der Waals surface area contributed by atoms with E-state index in [1.165, 1.54) is 5.56 Å². The Hall–Kier alpha value is -1.81. The number of benzene rings is 1. The number of hydrogen-bond acceptors (Lipinski definition) is 3. The summed E-state index contributed by atoms with van der Waals surface area (Å²) in [5.41, 5.74) is 1.19. The fraction of sp³-hybridized carbons (Fsp3) is 0.471. The number of hydrogen-bond donors (Lipinski definition) is 1. The second-order valence-corrected chi connectivity index (χ2v) is 5.40. The fourth-order valence-corrected chi connectivity index (χ4v) is 2.57. The maximum absolute atomic E-state index is 5.75. The molecular weight excluding hydrogens is 262 g/mol. The van der Waals surface area contributed by atoms with Gasteiger partial charge in [-0.25, -0.2) is 4.98 Å². The summed E-state index contributed by atoms with van der Waals surface area (Å²) in [5.74, 6) is 2.48. The molecule has 0 saturated carbocycles. The van der Waals surface area contributed by atoms with Gasteiger partial charge >= 0.3 is 0 Å². The third kappa shape index (κ3) is 3.64. The third-order valence-corrected chi connectivity index (χ3v) is 3.59. The van der Waals surface area contributed by atoms with Crippen molar-refractivity contribution in [1.82, 2.24) is 14.9 Å². The lowest BCUT2D eigenvalue weighted by atomic mass is 10.1. The molecule has 0 aliphatic rings. The predicted octanol–water partition coefficient (Wildman–Crippen LogP) is 3.37. The summed E-state index contributed by atoms with van der Waals surface area (Å²) in [6, 6.07) is 8.41. The average Bonchev–Trinajstić information content (AvgIpc) is 2.94. The van der Waals surface area contributed by atoms with Crippen LogP contribution in [0.2, 0.25) is 0 Å². The standard InChI is InChI=1S/C17H25N3O/c1-5-21-16-9-7-6-8-14(16)15(18-4)12-20-11-10-19-17(20)13(2)3/h6-11,13,15,18H,5,12H2,1-4H3. The van der Waals surface area contributed by atoms with E-state index in [4.69, 9.17) is 4.74 Å². The topological polar surface area (TPSA) is 39.1 Å². The molecule has 0 amide bonds. The number of ether oxygens (including phenoxy) is 1. The molecule has 1 atom stereocenters. The highest BCUT2D eigenvalue weighted by atomic mass is 16.5. The lowest BCUT2D eigenvalue weighted by Crippen LogP contribution is -2.23. The maximum Gasteiger partial charge on any atom is 0.124 e. The Labute approximate surface area is 127 Å². The van der Waals surface area contributed by atoms with Crippen molar-refractivity contribution in [3.8, 4) is 5.75 Å². The quantitative estimate of drug-likeness (QED) is 0.848. The van der Waals surface area contributed by atoms with Crippen LogP contribution in [0, 0.1) is 0 Å². The molecule has 0 aliphatic carbocycles. The maximum atomic E-state index is 5.75. The lowest BCUT2D eigenvalue weighted by molar-refractivity contribution is 0.329. The van der Waals surface area contributed by atoms with Gasteiger partial charge in [0.2, 0.25) is 0 Å². The van der Waals surface area contributed by atoms with E-state index in [-0.39, 0.29) is 6.04 Å². The van der Waals surface area contributed by atoms with Gasteiger partial charge in [0.25, 0.3) is 0 Å². The zero-order valence-electron chi connectivity index (χ0n) is 13.3. The Morgan fingerprint density at radius 1 is 1.29 bits per heavy atom. The number of likely N-dealkylation sites (N-methyl/N-ethyl adjacent to an activating group) is 1. The van der Waals surface area contributed by atoms with E-state index in [0.29, 0.717) is 12.5 Å². The van der Waals surface area contributed by atoms with Crippen molar-refractivity contribution in [2.45, 2.75) is 39.3 Å². The SMILES string of the molecule is CCOc1ccccc1C(Cn1ccnc1C(C)C)NC. The molecule has 1 N–H and O–H groups in total. The van der Waals surface area contributed by atoms with Crippen LogP contribution in [-0.2, 0) is 6.54 Å². The molecule has 114 valence electrons. The van der Waals surface area contributed by atoms with Crippen molar-refractivity contribution >= 4 is 0 Å². The van der Waals surface area contributed by atoms with Crippen LogP contribution in [0.5, 0.6) is 5.75 Å². The molecule has 1 heterocycles. The van der Waals surface area contributed by atoms with Crippen molar-refractivity contribution in [1.29, 1.82) is 0 Å². The van der Waals surface area contributed by atoms with E-state index in [1.807, 2.05) is 38.5 Å². The zero-order chi connectivity index (χ0) is 15.2. The summed E-state index contributed by atoms with van der Waals surface area (Å²) in [7, 11) is 1.99. The minimum atomic E-state index is 0.194. The normalized spacial score (nSPS) is 12.6. The lowest BCUT2D eigenvalue weighted by Gasteiger charge is -2.22. The van der Waals surface area contributed by atoms with Gasteiger partial charge in [-0.15, -0.1) is 0 Å². The highest BCUT2D eigenvalue weighted by Crippen LogP contribution is 2.27. The van der Waals surface area contributed by atoms with Gasteiger partial charge in [0.15, 0.2) is 0 Å². The molecule has 1 aromatic heterocycles. The first-order chi connectivity index (χ1) is 10.2. The summed E-state index contributed by atoms with van der Waals surface area (Å²) < 4.78 is 7.97. The van der Waals surface area contributed by atoms with Crippen molar-refractivity contribution in [3.05, 3.63) is 48.0 Å². The van der Waals surface area contributed by atoms with Crippen LogP contribution >= 0.6 is 0 Å². The molecule has 0 saturated heterocycles. The second kappa shape index (κ2) is 7.27. The third-order valence-electron chi connectivity index (χ3n) is 3.59. The summed E-state index contributed by atoms with van der Waals surface area (Å²) in [6.45, 7) is 7.87. The molecule has 0 bridgehead atoms. The van der Waals surface area contributed by atoms with Gasteiger partial charge in [-0.1, -0.05) is 32.0 Å². The van der Waals surface area contributed by atoms with Gasteiger partial charge in [-0.2, -0.15) is 0 Å². The Morgan fingerprint density at radius 3 is 2.71 bits per heavy atom. The smallest absolute Gasteiger partial charge is 0.124 e. The molecule has 0 radical (unpaired) electrons. The molecule has 1 unspecified atom stereocenters. The minimum absolute atomic E-state index is 0.194. The number of para-hydroxylation sites is 1. The zero-order valence-corrected chi connectivity index (χ0v) is 13.3. The number of imidazole rings is 1. The van der Waals surface area contributed by atoms with E-state index in [2.05, 4.69) is 40.8 Å². The number of aromatic nitrogens is 2. The van der Waals surface area contributed by atoms with Crippen LogP contribution in [0.4, 0.5) is 0 Å². The number of nitrogens with zero attached hydrogens (tertiary/aromatic N) is 2. The van der Waals surface area contributed by atoms with Crippen molar-refractivity contribution in [2.24, 2.45) is 0 Å². The molecule has 2 aromatic rings. The summed E-state index contributed by atoms with van der Waals surface area (Å²) in [6.07, 6.45) is 3.92.